The second kappa shape index (κ2) is 6.84. The van der Waals surface area contributed by atoms with Crippen LogP contribution in [0.4, 0.5) is 0 Å². The molecule has 0 spiro atoms. The highest BCUT2D eigenvalue weighted by Crippen LogP contribution is 2.26. The van der Waals surface area contributed by atoms with E-state index in [1.807, 2.05) is 13.8 Å². The first kappa shape index (κ1) is 17.0. The summed E-state index contributed by atoms with van der Waals surface area (Å²) in [6.45, 7) is 5.92. The molecule has 0 aromatic heterocycles. The molecular weight excluding hydrogens is 333 g/mol. The number of ether oxygens (including phenoxy) is 1. The Balaban J connectivity index is 2.06. The van der Waals surface area contributed by atoms with Crippen molar-refractivity contribution in [2.24, 2.45) is 0 Å². The van der Waals surface area contributed by atoms with Crippen LogP contribution in [0.3, 0.4) is 0 Å². The summed E-state index contributed by atoms with van der Waals surface area (Å²) < 4.78 is 30.5. The molecule has 4 nitrogen and oxygen atoms in total. The molecular formula is C14H19Cl2NO3S. The topological polar surface area (TPSA) is 46.6 Å². The molecule has 1 fully saturated rings. The third-order valence-electron chi connectivity index (χ3n) is 3.40. The van der Waals surface area contributed by atoms with Gasteiger partial charge in [0.1, 0.15) is 0 Å². The van der Waals surface area contributed by atoms with Gasteiger partial charge in [0.2, 0.25) is 0 Å². The summed E-state index contributed by atoms with van der Waals surface area (Å²) in [6, 6.07) is 4.49. The Morgan fingerprint density at radius 1 is 1.24 bits per heavy atom. The normalized spacial score (nSPS) is 24.2. The van der Waals surface area contributed by atoms with Crippen LogP contribution in [-0.4, -0.2) is 50.9 Å². The van der Waals surface area contributed by atoms with Gasteiger partial charge in [-0.3, -0.25) is 4.90 Å². The van der Waals surface area contributed by atoms with Crippen LogP contribution >= 0.6 is 23.2 Å². The van der Waals surface area contributed by atoms with Gasteiger partial charge in [-0.2, -0.15) is 0 Å². The van der Waals surface area contributed by atoms with Crippen molar-refractivity contribution in [3.63, 3.8) is 0 Å². The fourth-order valence-corrected chi connectivity index (χ4v) is 4.64. The van der Waals surface area contributed by atoms with Crippen LogP contribution in [0.1, 0.15) is 13.8 Å². The molecule has 2 rings (SSSR count). The molecule has 1 aromatic carbocycles. The van der Waals surface area contributed by atoms with Crippen molar-refractivity contribution in [2.45, 2.75) is 31.0 Å². The van der Waals surface area contributed by atoms with Gasteiger partial charge in [0.05, 0.1) is 27.9 Å². The van der Waals surface area contributed by atoms with E-state index in [9.17, 15) is 8.42 Å². The second-order valence-corrected chi connectivity index (χ2v) is 8.33. The first-order valence-corrected chi connectivity index (χ1v) is 9.24. The van der Waals surface area contributed by atoms with Crippen LogP contribution in [0.2, 0.25) is 10.0 Å². The number of morpholine rings is 1. The Kier molecular flexibility index (Phi) is 5.54. The van der Waals surface area contributed by atoms with Gasteiger partial charge in [-0.05, 0) is 32.0 Å². The SMILES string of the molecule is C[C@@H]1CN(CCS(=O)(=O)c2cc(Cl)ccc2Cl)C[C@H](C)O1. The van der Waals surface area contributed by atoms with Crippen LogP contribution in [0.25, 0.3) is 0 Å². The Morgan fingerprint density at radius 3 is 2.48 bits per heavy atom. The van der Waals surface area contributed by atoms with Gasteiger partial charge in [-0.25, -0.2) is 8.42 Å². The molecule has 0 amide bonds. The lowest BCUT2D eigenvalue weighted by molar-refractivity contribution is -0.0662. The molecule has 0 saturated carbocycles. The minimum absolute atomic E-state index is 0.0203. The van der Waals surface area contributed by atoms with Crippen molar-refractivity contribution in [3.05, 3.63) is 28.2 Å². The standard InChI is InChI=1S/C14H19Cl2NO3S/c1-10-8-17(9-11(2)20-10)5-6-21(18,19)14-7-12(15)3-4-13(14)16/h3-4,7,10-11H,5-6,8-9H2,1-2H3/t10-,11+. The van der Waals surface area contributed by atoms with Crippen molar-refractivity contribution in [3.8, 4) is 0 Å². The zero-order valence-corrected chi connectivity index (χ0v) is 14.4. The number of sulfone groups is 1. The van der Waals surface area contributed by atoms with Gasteiger partial charge in [0.15, 0.2) is 9.84 Å². The van der Waals surface area contributed by atoms with Crippen LogP contribution in [0, 0.1) is 0 Å². The maximum atomic E-state index is 12.4. The summed E-state index contributed by atoms with van der Waals surface area (Å²) >= 11 is 11.8. The minimum atomic E-state index is -3.45. The van der Waals surface area contributed by atoms with Crippen molar-refractivity contribution in [1.29, 1.82) is 0 Å². The summed E-state index contributed by atoms with van der Waals surface area (Å²) in [6.07, 6.45) is 0.234. The fourth-order valence-electron chi connectivity index (χ4n) is 2.54. The van der Waals surface area contributed by atoms with E-state index in [2.05, 4.69) is 4.90 Å². The zero-order valence-electron chi connectivity index (χ0n) is 12.1. The Bertz CT molecular complexity index is 596. The summed E-state index contributed by atoms with van der Waals surface area (Å²) in [4.78, 5) is 2.21. The quantitative estimate of drug-likeness (QED) is 0.836. The number of hydrogen-bond acceptors (Lipinski definition) is 4. The van der Waals surface area contributed by atoms with E-state index in [1.165, 1.54) is 12.1 Å². The number of rotatable bonds is 4. The van der Waals surface area contributed by atoms with Gasteiger partial charge in [0, 0.05) is 24.7 Å². The molecule has 0 aliphatic carbocycles. The summed E-state index contributed by atoms with van der Waals surface area (Å²) in [5, 5.41) is 0.578. The van der Waals surface area contributed by atoms with E-state index in [1.54, 1.807) is 6.07 Å². The lowest BCUT2D eigenvalue weighted by atomic mass is 10.2. The van der Waals surface area contributed by atoms with Crippen LogP contribution in [0.15, 0.2) is 23.1 Å². The largest absolute Gasteiger partial charge is 0.373 e. The summed E-state index contributed by atoms with van der Waals surface area (Å²) in [5.74, 6) is 0.0203. The molecule has 1 saturated heterocycles. The molecule has 1 aliphatic rings. The summed E-state index contributed by atoms with van der Waals surface area (Å²) in [7, 11) is -3.45. The zero-order chi connectivity index (χ0) is 15.6. The molecule has 118 valence electrons. The van der Waals surface area contributed by atoms with Gasteiger partial charge < -0.3 is 4.74 Å². The van der Waals surface area contributed by atoms with Gasteiger partial charge in [-0.15, -0.1) is 0 Å². The molecule has 0 unspecified atom stereocenters. The lowest BCUT2D eigenvalue weighted by Gasteiger charge is -2.35. The molecule has 1 aromatic rings. The summed E-state index contributed by atoms with van der Waals surface area (Å²) in [5.41, 5.74) is 0. The maximum Gasteiger partial charge on any atom is 0.181 e. The average Bonchev–Trinajstić information content (AvgIpc) is 2.38. The number of benzene rings is 1. The Labute approximate surface area is 135 Å². The Hall–Kier alpha value is -0.330. The number of nitrogens with zero attached hydrogens (tertiary/aromatic N) is 1. The molecule has 0 bridgehead atoms. The van der Waals surface area contributed by atoms with Crippen LogP contribution in [-0.2, 0) is 14.6 Å². The predicted molar refractivity (Wildman–Crippen MR) is 85.0 cm³/mol. The fraction of sp³-hybridized carbons (Fsp3) is 0.571. The predicted octanol–water partition coefficient (Wildman–Crippen LogP) is 2.88. The third-order valence-corrected chi connectivity index (χ3v) is 5.80. The maximum absolute atomic E-state index is 12.4. The van der Waals surface area contributed by atoms with Crippen molar-refractivity contribution >= 4 is 33.0 Å². The molecule has 0 N–H and O–H groups in total. The monoisotopic (exact) mass is 351 g/mol. The van der Waals surface area contributed by atoms with Crippen molar-refractivity contribution in [1.82, 2.24) is 4.90 Å². The van der Waals surface area contributed by atoms with E-state index < -0.39 is 9.84 Å². The first-order chi connectivity index (χ1) is 9.78. The highest BCUT2D eigenvalue weighted by Gasteiger charge is 2.25. The van der Waals surface area contributed by atoms with Crippen molar-refractivity contribution in [2.75, 3.05) is 25.4 Å². The minimum Gasteiger partial charge on any atom is -0.373 e. The van der Waals surface area contributed by atoms with Crippen LogP contribution < -0.4 is 0 Å². The van der Waals surface area contributed by atoms with E-state index in [4.69, 9.17) is 27.9 Å². The second-order valence-electron chi connectivity index (χ2n) is 5.41. The molecule has 7 heteroatoms. The van der Waals surface area contributed by atoms with Gasteiger partial charge in [0.25, 0.3) is 0 Å². The lowest BCUT2D eigenvalue weighted by Crippen LogP contribution is -2.46. The molecule has 21 heavy (non-hydrogen) atoms. The molecule has 2 atom stereocenters. The molecule has 1 aliphatic heterocycles. The highest BCUT2D eigenvalue weighted by molar-refractivity contribution is 7.91. The number of halogens is 2. The van der Waals surface area contributed by atoms with Crippen molar-refractivity contribution < 1.29 is 13.2 Å². The smallest absolute Gasteiger partial charge is 0.181 e. The van der Waals surface area contributed by atoms with E-state index in [-0.39, 0.29) is 27.9 Å². The highest BCUT2D eigenvalue weighted by atomic mass is 35.5. The third kappa shape index (κ3) is 4.57. The molecule has 1 heterocycles. The van der Waals surface area contributed by atoms with Crippen LogP contribution in [0.5, 0.6) is 0 Å². The van der Waals surface area contributed by atoms with Gasteiger partial charge >= 0.3 is 0 Å². The first-order valence-electron chi connectivity index (χ1n) is 6.83. The van der Waals surface area contributed by atoms with E-state index in [0.717, 1.165) is 13.1 Å². The number of hydrogen-bond donors (Lipinski definition) is 0. The Morgan fingerprint density at radius 2 is 1.86 bits per heavy atom. The average molecular weight is 352 g/mol. The molecule has 0 radical (unpaired) electrons. The van der Waals surface area contributed by atoms with Gasteiger partial charge in [-0.1, -0.05) is 23.2 Å². The van der Waals surface area contributed by atoms with E-state index >= 15 is 0 Å². The van der Waals surface area contributed by atoms with E-state index in [0.29, 0.717) is 11.6 Å².